The summed E-state index contributed by atoms with van der Waals surface area (Å²) in [5, 5.41) is 10.3. The first-order valence-electron chi connectivity index (χ1n) is 6.60. The maximum Gasteiger partial charge on any atom is 0.173 e. The number of hydrogen-bond acceptors (Lipinski definition) is 3. The molecule has 20 heavy (non-hydrogen) atoms. The SMILES string of the molecule is CCOc1c(F)cc([C@H](N)[C@H](O)C2CCC2)cc1Cl.Cl. The van der Waals surface area contributed by atoms with Gasteiger partial charge in [0.1, 0.15) is 0 Å². The molecule has 1 aromatic rings. The van der Waals surface area contributed by atoms with E-state index in [9.17, 15) is 9.50 Å². The summed E-state index contributed by atoms with van der Waals surface area (Å²) in [6.45, 7) is 2.10. The summed E-state index contributed by atoms with van der Waals surface area (Å²) < 4.78 is 19.0. The van der Waals surface area contributed by atoms with Gasteiger partial charge in [-0.15, -0.1) is 12.4 Å². The van der Waals surface area contributed by atoms with Crippen LogP contribution >= 0.6 is 24.0 Å². The third-order valence-corrected chi connectivity index (χ3v) is 3.98. The lowest BCUT2D eigenvalue weighted by atomic mass is 9.77. The quantitative estimate of drug-likeness (QED) is 0.872. The van der Waals surface area contributed by atoms with E-state index in [2.05, 4.69) is 0 Å². The number of aliphatic hydroxyl groups excluding tert-OH is 1. The number of nitrogens with two attached hydrogens (primary N) is 1. The average molecular weight is 324 g/mol. The summed E-state index contributed by atoms with van der Waals surface area (Å²) in [4.78, 5) is 0. The lowest BCUT2D eigenvalue weighted by Crippen LogP contribution is -2.36. The second-order valence-electron chi connectivity index (χ2n) is 4.95. The third-order valence-electron chi connectivity index (χ3n) is 3.69. The second-order valence-corrected chi connectivity index (χ2v) is 5.36. The minimum absolute atomic E-state index is 0. The molecule has 0 saturated heterocycles. The molecule has 0 spiro atoms. The number of hydrogen-bond donors (Lipinski definition) is 2. The number of halogens is 3. The van der Waals surface area contributed by atoms with E-state index in [0.29, 0.717) is 12.2 Å². The van der Waals surface area contributed by atoms with Gasteiger partial charge in [0.2, 0.25) is 0 Å². The molecule has 0 amide bonds. The fourth-order valence-electron chi connectivity index (χ4n) is 2.33. The van der Waals surface area contributed by atoms with Crippen LogP contribution in [-0.4, -0.2) is 17.8 Å². The molecule has 3 nitrogen and oxygen atoms in total. The number of aliphatic hydroxyl groups is 1. The van der Waals surface area contributed by atoms with E-state index in [-0.39, 0.29) is 29.1 Å². The van der Waals surface area contributed by atoms with Gasteiger partial charge in [0, 0.05) is 0 Å². The smallest absolute Gasteiger partial charge is 0.173 e. The van der Waals surface area contributed by atoms with Crippen molar-refractivity contribution in [2.45, 2.75) is 38.3 Å². The molecular weight excluding hydrogens is 304 g/mol. The minimum Gasteiger partial charge on any atom is -0.489 e. The molecule has 1 saturated carbocycles. The maximum atomic E-state index is 13.9. The van der Waals surface area contributed by atoms with E-state index in [1.807, 2.05) is 0 Å². The zero-order chi connectivity index (χ0) is 14.0. The molecule has 1 aromatic carbocycles. The third kappa shape index (κ3) is 3.55. The molecule has 0 aromatic heterocycles. The molecule has 0 heterocycles. The van der Waals surface area contributed by atoms with Gasteiger partial charge >= 0.3 is 0 Å². The van der Waals surface area contributed by atoms with Gasteiger partial charge in [-0.2, -0.15) is 0 Å². The highest BCUT2D eigenvalue weighted by molar-refractivity contribution is 6.32. The van der Waals surface area contributed by atoms with Crippen LogP contribution in [0.15, 0.2) is 12.1 Å². The highest BCUT2D eigenvalue weighted by Crippen LogP contribution is 2.37. The Labute approximate surface area is 129 Å². The molecular formula is C14H20Cl2FNO2. The summed E-state index contributed by atoms with van der Waals surface area (Å²) in [7, 11) is 0. The first kappa shape index (κ1) is 17.5. The van der Waals surface area contributed by atoms with Gasteiger partial charge in [0.25, 0.3) is 0 Å². The van der Waals surface area contributed by atoms with Crippen molar-refractivity contribution in [3.05, 3.63) is 28.5 Å². The molecule has 0 bridgehead atoms. The number of ether oxygens (including phenoxy) is 1. The topological polar surface area (TPSA) is 55.5 Å². The van der Waals surface area contributed by atoms with Crippen molar-refractivity contribution in [3.8, 4) is 5.75 Å². The van der Waals surface area contributed by atoms with Crippen LogP contribution in [0.5, 0.6) is 5.75 Å². The van der Waals surface area contributed by atoms with Crippen molar-refractivity contribution < 1.29 is 14.2 Å². The summed E-state index contributed by atoms with van der Waals surface area (Å²) >= 11 is 5.99. The number of rotatable bonds is 5. The van der Waals surface area contributed by atoms with E-state index in [0.717, 1.165) is 19.3 Å². The molecule has 2 atom stereocenters. The highest BCUT2D eigenvalue weighted by atomic mass is 35.5. The van der Waals surface area contributed by atoms with Crippen molar-refractivity contribution in [1.29, 1.82) is 0 Å². The Morgan fingerprint density at radius 3 is 2.60 bits per heavy atom. The van der Waals surface area contributed by atoms with Gasteiger partial charge in [-0.05, 0) is 43.4 Å². The van der Waals surface area contributed by atoms with E-state index >= 15 is 0 Å². The maximum absolute atomic E-state index is 13.9. The first-order chi connectivity index (χ1) is 9.04. The molecule has 3 N–H and O–H groups in total. The molecule has 1 aliphatic carbocycles. The zero-order valence-corrected chi connectivity index (χ0v) is 12.9. The Morgan fingerprint density at radius 2 is 2.15 bits per heavy atom. The predicted molar refractivity (Wildman–Crippen MR) is 80.1 cm³/mol. The predicted octanol–water partition coefficient (Wildman–Crippen LogP) is 3.46. The summed E-state index contributed by atoms with van der Waals surface area (Å²) in [6, 6.07) is 2.25. The van der Waals surface area contributed by atoms with Crippen LogP contribution in [0.3, 0.4) is 0 Å². The van der Waals surface area contributed by atoms with Crippen molar-refractivity contribution in [2.75, 3.05) is 6.61 Å². The Kier molecular flexibility index (Phi) is 6.52. The molecule has 2 rings (SSSR count). The Bertz CT molecular complexity index is 432. The summed E-state index contributed by atoms with van der Waals surface area (Å²) in [6.07, 6.45) is 2.42. The van der Waals surface area contributed by atoms with E-state index in [1.54, 1.807) is 13.0 Å². The van der Waals surface area contributed by atoms with Crippen molar-refractivity contribution in [1.82, 2.24) is 0 Å². The molecule has 1 aliphatic rings. The molecule has 1 fully saturated rings. The van der Waals surface area contributed by atoms with Crippen LogP contribution < -0.4 is 10.5 Å². The van der Waals surface area contributed by atoms with Crippen LogP contribution in [0.4, 0.5) is 4.39 Å². The fraction of sp³-hybridized carbons (Fsp3) is 0.571. The molecule has 0 radical (unpaired) electrons. The minimum atomic E-state index is -0.651. The van der Waals surface area contributed by atoms with Crippen LogP contribution in [0.1, 0.15) is 37.8 Å². The fourth-order valence-corrected chi connectivity index (χ4v) is 2.60. The summed E-state index contributed by atoms with van der Waals surface area (Å²) in [5.74, 6) is -0.290. The molecule has 0 aliphatic heterocycles. The van der Waals surface area contributed by atoms with Gasteiger partial charge < -0.3 is 15.6 Å². The van der Waals surface area contributed by atoms with Gasteiger partial charge in [0.05, 0.1) is 23.8 Å². The first-order valence-corrected chi connectivity index (χ1v) is 6.97. The second kappa shape index (κ2) is 7.46. The average Bonchev–Trinajstić information content (AvgIpc) is 2.30. The zero-order valence-electron chi connectivity index (χ0n) is 11.3. The molecule has 6 heteroatoms. The molecule has 0 unspecified atom stereocenters. The van der Waals surface area contributed by atoms with Crippen LogP contribution in [-0.2, 0) is 0 Å². The van der Waals surface area contributed by atoms with Gasteiger partial charge in [0.15, 0.2) is 11.6 Å². The van der Waals surface area contributed by atoms with Crippen LogP contribution in [0.2, 0.25) is 5.02 Å². The van der Waals surface area contributed by atoms with E-state index < -0.39 is 18.0 Å². The Hall–Kier alpha value is -0.550. The highest BCUT2D eigenvalue weighted by Gasteiger charge is 2.31. The van der Waals surface area contributed by atoms with E-state index in [1.165, 1.54) is 6.07 Å². The largest absolute Gasteiger partial charge is 0.489 e. The van der Waals surface area contributed by atoms with Crippen molar-refractivity contribution >= 4 is 24.0 Å². The van der Waals surface area contributed by atoms with Gasteiger partial charge in [-0.1, -0.05) is 18.0 Å². The van der Waals surface area contributed by atoms with Gasteiger partial charge in [-0.25, -0.2) is 4.39 Å². The number of benzene rings is 1. The van der Waals surface area contributed by atoms with Crippen LogP contribution in [0.25, 0.3) is 0 Å². The monoisotopic (exact) mass is 323 g/mol. The Balaban J connectivity index is 0.00000200. The van der Waals surface area contributed by atoms with E-state index in [4.69, 9.17) is 22.1 Å². The standard InChI is InChI=1S/C14H19ClFNO2.ClH/c1-2-19-14-10(15)6-9(7-11(14)16)12(17)13(18)8-4-3-5-8;/h6-8,12-13,18H,2-5,17H2,1H3;1H/t12-,13+;/m0./s1. The van der Waals surface area contributed by atoms with Crippen molar-refractivity contribution in [3.63, 3.8) is 0 Å². The normalized spacial score (nSPS) is 17.9. The van der Waals surface area contributed by atoms with Crippen LogP contribution in [0, 0.1) is 11.7 Å². The van der Waals surface area contributed by atoms with Gasteiger partial charge in [-0.3, -0.25) is 0 Å². The molecule has 114 valence electrons. The lowest BCUT2D eigenvalue weighted by Gasteiger charge is -2.34. The lowest BCUT2D eigenvalue weighted by molar-refractivity contribution is 0.0413. The van der Waals surface area contributed by atoms with Crippen molar-refractivity contribution in [2.24, 2.45) is 11.7 Å². The summed E-state index contributed by atoms with van der Waals surface area (Å²) in [5.41, 5.74) is 6.50. The Morgan fingerprint density at radius 1 is 1.50 bits per heavy atom.